The van der Waals surface area contributed by atoms with Gasteiger partial charge in [-0.15, -0.1) is 0 Å². The van der Waals surface area contributed by atoms with Gasteiger partial charge in [-0.05, 0) is 61.2 Å². The molecule has 1 aliphatic rings. The number of benzene rings is 3. The van der Waals surface area contributed by atoms with Crippen molar-refractivity contribution in [2.45, 2.75) is 12.8 Å². The number of aromatic nitrogens is 1. The number of aliphatic hydroxyl groups is 1. The Balaban J connectivity index is 1.41. The highest BCUT2D eigenvalue weighted by molar-refractivity contribution is 6.30. The van der Waals surface area contributed by atoms with E-state index in [0.29, 0.717) is 46.1 Å². The van der Waals surface area contributed by atoms with Crippen molar-refractivity contribution in [3.05, 3.63) is 95.0 Å². The number of piperidine rings is 1. The molecule has 2 N–H and O–H groups in total. The number of hydrogen-bond acceptors (Lipinski definition) is 4. The third-order valence-corrected chi connectivity index (χ3v) is 6.88. The van der Waals surface area contributed by atoms with Crippen molar-refractivity contribution < 1.29 is 14.7 Å². The molecule has 1 saturated heterocycles. The number of nitrogens with one attached hydrogen (secondary N) is 1. The van der Waals surface area contributed by atoms with Crippen LogP contribution in [0.25, 0.3) is 22.2 Å². The van der Waals surface area contributed by atoms with Crippen LogP contribution in [0.2, 0.25) is 5.02 Å². The lowest BCUT2D eigenvalue weighted by molar-refractivity contribution is 0.0650. The maximum absolute atomic E-state index is 13.4. The standard InChI is InChI=1S/C29H26ClN3O3/c30-22-10-8-20(9-11-22)27-17-25(24-6-1-2-7-26(24)32-27)28(35)31-23-5-3-4-21(16-23)29(36)33-14-12-19(18-34)13-15-33/h1-11,16-17,19,34H,12-15,18H2,(H,31,35). The van der Waals surface area contributed by atoms with Gasteiger partial charge in [-0.2, -0.15) is 0 Å². The maximum Gasteiger partial charge on any atom is 0.256 e. The van der Waals surface area contributed by atoms with Crippen molar-refractivity contribution in [2.75, 3.05) is 25.0 Å². The molecule has 3 aromatic carbocycles. The largest absolute Gasteiger partial charge is 0.396 e. The third-order valence-electron chi connectivity index (χ3n) is 6.63. The van der Waals surface area contributed by atoms with Gasteiger partial charge in [0, 0.05) is 46.9 Å². The molecule has 1 aromatic heterocycles. The fourth-order valence-corrected chi connectivity index (χ4v) is 4.69. The second kappa shape index (κ2) is 10.5. The molecule has 0 saturated carbocycles. The number of carbonyl (C=O) groups is 2. The number of para-hydroxylation sites is 1. The molecule has 4 aromatic rings. The van der Waals surface area contributed by atoms with Crippen molar-refractivity contribution in [3.8, 4) is 11.3 Å². The quantitative estimate of drug-likeness (QED) is 0.371. The molecule has 5 rings (SSSR count). The van der Waals surface area contributed by atoms with Gasteiger partial charge >= 0.3 is 0 Å². The highest BCUT2D eigenvalue weighted by Crippen LogP contribution is 2.27. The molecule has 6 nitrogen and oxygen atoms in total. The molecule has 0 atom stereocenters. The first-order valence-electron chi connectivity index (χ1n) is 12.0. The second-order valence-corrected chi connectivity index (χ2v) is 9.47. The zero-order valence-corrected chi connectivity index (χ0v) is 20.4. The predicted octanol–water partition coefficient (Wildman–Crippen LogP) is 5.65. The van der Waals surface area contributed by atoms with E-state index >= 15 is 0 Å². The summed E-state index contributed by atoms with van der Waals surface area (Å²) in [5.74, 6) is -0.0910. The Bertz CT molecular complexity index is 1410. The van der Waals surface area contributed by atoms with E-state index in [2.05, 4.69) is 5.32 Å². The van der Waals surface area contributed by atoms with Gasteiger partial charge in [0.15, 0.2) is 0 Å². The SMILES string of the molecule is O=C(Nc1cccc(C(=O)N2CCC(CO)CC2)c1)c1cc(-c2ccc(Cl)cc2)nc2ccccc12. The summed E-state index contributed by atoms with van der Waals surface area (Å²) in [6.07, 6.45) is 1.59. The van der Waals surface area contributed by atoms with E-state index in [1.165, 1.54) is 0 Å². The van der Waals surface area contributed by atoms with Gasteiger partial charge in [0.2, 0.25) is 0 Å². The highest BCUT2D eigenvalue weighted by Gasteiger charge is 2.23. The van der Waals surface area contributed by atoms with Gasteiger partial charge in [-0.1, -0.05) is 48.0 Å². The molecule has 7 heteroatoms. The number of halogens is 1. The Kier molecular flexibility index (Phi) is 6.98. The second-order valence-electron chi connectivity index (χ2n) is 9.03. The Morgan fingerprint density at radius 2 is 1.72 bits per heavy atom. The van der Waals surface area contributed by atoms with E-state index in [9.17, 15) is 14.7 Å². The first-order valence-corrected chi connectivity index (χ1v) is 12.4. The molecular weight excluding hydrogens is 474 g/mol. The minimum atomic E-state index is -0.280. The average Bonchev–Trinajstić information content (AvgIpc) is 2.92. The monoisotopic (exact) mass is 499 g/mol. The summed E-state index contributed by atoms with van der Waals surface area (Å²) in [7, 11) is 0. The van der Waals surface area contributed by atoms with E-state index in [0.717, 1.165) is 23.8 Å². The zero-order chi connectivity index (χ0) is 25.1. The van der Waals surface area contributed by atoms with Crippen LogP contribution in [-0.4, -0.2) is 46.5 Å². The highest BCUT2D eigenvalue weighted by atomic mass is 35.5. The summed E-state index contributed by atoms with van der Waals surface area (Å²) in [6.45, 7) is 1.40. The number of amides is 2. The number of hydrogen-bond donors (Lipinski definition) is 2. The number of pyridine rings is 1. The fraction of sp³-hybridized carbons (Fsp3) is 0.207. The summed E-state index contributed by atoms with van der Waals surface area (Å²) in [5, 5.41) is 13.7. The molecule has 182 valence electrons. The lowest BCUT2D eigenvalue weighted by Crippen LogP contribution is -2.39. The lowest BCUT2D eigenvalue weighted by Gasteiger charge is -2.31. The molecule has 2 heterocycles. The van der Waals surface area contributed by atoms with Crippen molar-refractivity contribution >= 4 is 40.0 Å². The maximum atomic E-state index is 13.4. The molecule has 2 amide bonds. The summed E-state index contributed by atoms with van der Waals surface area (Å²) in [6, 6.07) is 23.7. The van der Waals surface area contributed by atoms with Gasteiger partial charge in [-0.25, -0.2) is 4.98 Å². The van der Waals surface area contributed by atoms with E-state index in [1.807, 2.05) is 41.3 Å². The Hall–Kier alpha value is -3.74. The smallest absolute Gasteiger partial charge is 0.256 e. The van der Waals surface area contributed by atoms with Gasteiger partial charge in [-0.3, -0.25) is 9.59 Å². The molecule has 0 radical (unpaired) electrons. The van der Waals surface area contributed by atoms with Crippen molar-refractivity contribution in [1.82, 2.24) is 9.88 Å². The minimum absolute atomic E-state index is 0.0677. The Labute approximate surface area is 214 Å². The van der Waals surface area contributed by atoms with E-state index < -0.39 is 0 Å². The number of carbonyl (C=O) groups excluding carboxylic acids is 2. The first-order chi connectivity index (χ1) is 17.5. The normalized spacial score (nSPS) is 14.1. The Morgan fingerprint density at radius 3 is 2.47 bits per heavy atom. The zero-order valence-electron chi connectivity index (χ0n) is 19.7. The number of likely N-dealkylation sites (tertiary alicyclic amines) is 1. The molecule has 0 bridgehead atoms. The van der Waals surface area contributed by atoms with Crippen LogP contribution in [0, 0.1) is 5.92 Å². The van der Waals surface area contributed by atoms with E-state index in [1.54, 1.807) is 42.5 Å². The van der Waals surface area contributed by atoms with Crippen molar-refractivity contribution in [3.63, 3.8) is 0 Å². The number of rotatable bonds is 5. The number of aliphatic hydroxyl groups excluding tert-OH is 1. The number of fused-ring (bicyclic) bond motifs is 1. The topological polar surface area (TPSA) is 82.5 Å². The van der Waals surface area contributed by atoms with Crippen LogP contribution < -0.4 is 5.32 Å². The molecule has 0 spiro atoms. The van der Waals surface area contributed by atoms with Gasteiger partial charge < -0.3 is 15.3 Å². The third kappa shape index (κ3) is 5.10. The van der Waals surface area contributed by atoms with Crippen LogP contribution in [-0.2, 0) is 0 Å². The van der Waals surface area contributed by atoms with E-state index in [-0.39, 0.29) is 24.3 Å². The molecule has 36 heavy (non-hydrogen) atoms. The summed E-state index contributed by atoms with van der Waals surface area (Å²) in [5.41, 5.74) is 3.81. The molecule has 0 aliphatic carbocycles. The number of anilines is 1. The summed E-state index contributed by atoms with van der Waals surface area (Å²) < 4.78 is 0. The van der Waals surface area contributed by atoms with Gasteiger partial charge in [0.05, 0.1) is 16.8 Å². The van der Waals surface area contributed by atoms with Crippen LogP contribution in [0.15, 0.2) is 78.9 Å². The van der Waals surface area contributed by atoms with Crippen LogP contribution in [0.1, 0.15) is 33.6 Å². The molecule has 1 aliphatic heterocycles. The van der Waals surface area contributed by atoms with Crippen LogP contribution in [0.3, 0.4) is 0 Å². The number of nitrogens with zero attached hydrogens (tertiary/aromatic N) is 2. The fourth-order valence-electron chi connectivity index (χ4n) is 4.56. The van der Waals surface area contributed by atoms with Crippen molar-refractivity contribution in [2.24, 2.45) is 5.92 Å². The summed E-state index contributed by atoms with van der Waals surface area (Å²) in [4.78, 5) is 33.0. The molecule has 0 unspecified atom stereocenters. The molecule has 1 fully saturated rings. The van der Waals surface area contributed by atoms with Gasteiger partial charge in [0.25, 0.3) is 11.8 Å². The minimum Gasteiger partial charge on any atom is -0.396 e. The van der Waals surface area contributed by atoms with E-state index in [4.69, 9.17) is 16.6 Å². The van der Waals surface area contributed by atoms with Crippen molar-refractivity contribution in [1.29, 1.82) is 0 Å². The first kappa shape index (κ1) is 24.0. The lowest BCUT2D eigenvalue weighted by atomic mass is 9.97. The van der Waals surface area contributed by atoms with Crippen LogP contribution in [0.4, 0.5) is 5.69 Å². The Morgan fingerprint density at radius 1 is 0.972 bits per heavy atom. The molecular formula is C29H26ClN3O3. The average molecular weight is 500 g/mol. The summed E-state index contributed by atoms with van der Waals surface area (Å²) >= 11 is 6.04. The van der Waals surface area contributed by atoms with Crippen LogP contribution >= 0.6 is 11.6 Å². The van der Waals surface area contributed by atoms with Gasteiger partial charge in [0.1, 0.15) is 0 Å². The van der Waals surface area contributed by atoms with Crippen LogP contribution in [0.5, 0.6) is 0 Å². The predicted molar refractivity (Wildman–Crippen MR) is 142 cm³/mol.